The summed E-state index contributed by atoms with van der Waals surface area (Å²) in [6.07, 6.45) is 4.41. The third kappa shape index (κ3) is 4.29. The van der Waals surface area contributed by atoms with E-state index in [1.165, 1.54) is 6.42 Å². The van der Waals surface area contributed by atoms with Crippen LogP contribution < -0.4 is 0 Å². The molecule has 0 saturated carbocycles. The molecule has 0 N–H and O–H groups in total. The molecule has 5 rings (SSSR count). The van der Waals surface area contributed by atoms with Gasteiger partial charge in [0.05, 0.1) is 16.4 Å². The van der Waals surface area contributed by atoms with Crippen molar-refractivity contribution in [3.8, 4) is 11.4 Å². The van der Waals surface area contributed by atoms with Gasteiger partial charge in [0, 0.05) is 50.2 Å². The van der Waals surface area contributed by atoms with Gasteiger partial charge < -0.3 is 9.47 Å². The van der Waals surface area contributed by atoms with Gasteiger partial charge in [-0.1, -0.05) is 36.8 Å². The zero-order chi connectivity index (χ0) is 21.2. The SMILES string of the molecule is Cc1nc(CN2CCN(C(=O)c3nc(-c4ccccc4)n4c3CCCCC4)CC2)cs1. The molecule has 0 unspecified atom stereocenters. The molecule has 1 amide bonds. The first kappa shape index (κ1) is 20.4. The van der Waals surface area contributed by atoms with Crippen molar-refractivity contribution in [2.45, 2.75) is 45.7 Å². The Kier molecular flexibility index (Phi) is 5.87. The molecule has 2 aliphatic heterocycles. The number of rotatable bonds is 4. The lowest BCUT2D eigenvalue weighted by molar-refractivity contribution is 0.0620. The van der Waals surface area contributed by atoms with Crippen LogP contribution in [0.4, 0.5) is 0 Å². The Balaban J connectivity index is 1.34. The summed E-state index contributed by atoms with van der Waals surface area (Å²) >= 11 is 1.70. The molecule has 7 heteroatoms. The molecule has 3 aromatic rings. The fourth-order valence-corrected chi connectivity index (χ4v) is 5.27. The molecule has 2 aromatic heterocycles. The first-order valence-corrected chi connectivity index (χ1v) is 12.1. The third-order valence-electron chi connectivity index (χ3n) is 6.31. The molecule has 1 aromatic carbocycles. The van der Waals surface area contributed by atoms with Crippen molar-refractivity contribution in [2.24, 2.45) is 0 Å². The minimum absolute atomic E-state index is 0.0944. The maximum atomic E-state index is 13.5. The summed E-state index contributed by atoms with van der Waals surface area (Å²) in [4.78, 5) is 27.4. The molecule has 162 valence electrons. The van der Waals surface area contributed by atoms with Crippen LogP contribution in [0.1, 0.15) is 46.1 Å². The quantitative estimate of drug-likeness (QED) is 0.622. The summed E-state index contributed by atoms with van der Waals surface area (Å²) in [7, 11) is 0. The largest absolute Gasteiger partial charge is 0.335 e. The number of carbonyl (C=O) groups excluding carboxylic acids is 1. The number of nitrogens with zero attached hydrogens (tertiary/aromatic N) is 5. The second-order valence-electron chi connectivity index (χ2n) is 8.49. The zero-order valence-corrected chi connectivity index (χ0v) is 18.9. The average molecular weight is 436 g/mol. The number of hydrogen-bond donors (Lipinski definition) is 0. The number of thiazole rings is 1. The van der Waals surface area contributed by atoms with Crippen LogP contribution in [0.2, 0.25) is 0 Å². The van der Waals surface area contributed by atoms with Crippen molar-refractivity contribution < 1.29 is 4.79 Å². The highest BCUT2D eigenvalue weighted by molar-refractivity contribution is 7.09. The molecule has 1 fully saturated rings. The zero-order valence-electron chi connectivity index (χ0n) is 18.1. The predicted octanol–water partition coefficient (Wildman–Crippen LogP) is 4.00. The Hall–Kier alpha value is -2.51. The fraction of sp³-hybridized carbons (Fsp3) is 0.458. The van der Waals surface area contributed by atoms with Gasteiger partial charge in [0.1, 0.15) is 11.5 Å². The molecule has 0 atom stereocenters. The fourth-order valence-electron chi connectivity index (χ4n) is 4.67. The second kappa shape index (κ2) is 8.93. The van der Waals surface area contributed by atoms with Gasteiger partial charge in [0.15, 0.2) is 0 Å². The van der Waals surface area contributed by atoms with Crippen molar-refractivity contribution >= 4 is 17.2 Å². The summed E-state index contributed by atoms with van der Waals surface area (Å²) in [6.45, 7) is 7.10. The molecule has 0 spiro atoms. The van der Waals surface area contributed by atoms with Gasteiger partial charge >= 0.3 is 0 Å². The van der Waals surface area contributed by atoms with Gasteiger partial charge in [-0.3, -0.25) is 9.69 Å². The van der Waals surface area contributed by atoms with Crippen LogP contribution in [0.25, 0.3) is 11.4 Å². The maximum Gasteiger partial charge on any atom is 0.274 e. The van der Waals surface area contributed by atoms with Gasteiger partial charge in [0.2, 0.25) is 0 Å². The van der Waals surface area contributed by atoms with Crippen molar-refractivity contribution in [1.82, 2.24) is 24.3 Å². The van der Waals surface area contributed by atoms with E-state index in [1.54, 1.807) is 11.3 Å². The summed E-state index contributed by atoms with van der Waals surface area (Å²) in [5.41, 5.74) is 4.02. The highest BCUT2D eigenvalue weighted by atomic mass is 32.1. The molecule has 0 radical (unpaired) electrons. The number of aryl methyl sites for hydroxylation is 1. The minimum Gasteiger partial charge on any atom is -0.335 e. The van der Waals surface area contributed by atoms with E-state index in [9.17, 15) is 4.79 Å². The number of carbonyl (C=O) groups is 1. The number of hydrogen-bond acceptors (Lipinski definition) is 5. The maximum absolute atomic E-state index is 13.5. The van der Waals surface area contributed by atoms with Crippen LogP contribution >= 0.6 is 11.3 Å². The van der Waals surface area contributed by atoms with Crippen LogP contribution in [0.3, 0.4) is 0 Å². The highest BCUT2D eigenvalue weighted by Gasteiger charge is 2.29. The Morgan fingerprint density at radius 3 is 2.55 bits per heavy atom. The molecule has 1 saturated heterocycles. The highest BCUT2D eigenvalue weighted by Crippen LogP contribution is 2.28. The van der Waals surface area contributed by atoms with Crippen molar-refractivity contribution in [1.29, 1.82) is 0 Å². The number of piperazine rings is 1. The van der Waals surface area contributed by atoms with Crippen LogP contribution in [0.5, 0.6) is 0 Å². The lowest BCUT2D eigenvalue weighted by Crippen LogP contribution is -2.48. The van der Waals surface area contributed by atoms with Gasteiger partial charge in [-0.05, 0) is 26.2 Å². The van der Waals surface area contributed by atoms with E-state index < -0.39 is 0 Å². The van der Waals surface area contributed by atoms with E-state index in [1.807, 2.05) is 30.0 Å². The molecule has 0 aliphatic carbocycles. The number of fused-ring (bicyclic) bond motifs is 1. The van der Waals surface area contributed by atoms with E-state index in [0.717, 1.165) is 86.3 Å². The summed E-state index contributed by atoms with van der Waals surface area (Å²) in [6, 6.07) is 10.3. The van der Waals surface area contributed by atoms with Crippen molar-refractivity contribution in [2.75, 3.05) is 26.2 Å². The van der Waals surface area contributed by atoms with Crippen molar-refractivity contribution in [3.63, 3.8) is 0 Å². The van der Waals surface area contributed by atoms with Gasteiger partial charge in [-0.2, -0.15) is 0 Å². The van der Waals surface area contributed by atoms with Crippen LogP contribution in [-0.4, -0.2) is 56.4 Å². The Bertz CT molecular complexity index is 1050. The average Bonchev–Trinajstić information content (AvgIpc) is 3.28. The molecular weight excluding hydrogens is 406 g/mol. The number of aromatic nitrogens is 3. The minimum atomic E-state index is 0.0944. The van der Waals surface area contributed by atoms with E-state index >= 15 is 0 Å². The monoisotopic (exact) mass is 435 g/mol. The van der Waals surface area contributed by atoms with E-state index in [0.29, 0.717) is 5.69 Å². The molecular formula is C24H29N5OS. The van der Waals surface area contributed by atoms with E-state index in [4.69, 9.17) is 4.98 Å². The van der Waals surface area contributed by atoms with Gasteiger partial charge in [0.25, 0.3) is 5.91 Å². The molecule has 31 heavy (non-hydrogen) atoms. The second-order valence-corrected chi connectivity index (χ2v) is 9.55. The first-order chi connectivity index (χ1) is 15.2. The first-order valence-electron chi connectivity index (χ1n) is 11.3. The molecule has 6 nitrogen and oxygen atoms in total. The molecule has 2 aliphatic rings. The summed E-state index contributed by atoms with van der Waals surface area (Å²) < 4.78 is 2.30. The molecule has 0 bridgehead atoms. The van der Waals surface area contributed by atoms with Crippen molar-refractivity contribution in [3.05, 3.63) is 57.8 Å². The Morgan fingerprint density at radius 2 is 1.81 bits per heavy atom. The standard InChI is InChI=1S/C24H29N5OS/c1-18-25-20(17-31-18)16-27-12-14-28(15-13-27)24(30)22-21-10-6-3-7-11-29(21)23(26-22)19-8-4-2-5-9-19/h2,4-5,8-9,17H,3,6-7,10-16H2,1H3. The predicted molar refractivity (Wildman–Crippen MR) is 123 cm³/mol. The number of imidazole rings is 1. The van der Waals surface area contributed by atoms with Gasteiger partial charge in [-0.25, -0.2) is 9.97 Å². The smallest absolute Gasteiger partial charge is 0.274 e. The van der Waals surface area contributed by atoms with Crippen LogP contribution in [0, 0.1) is 6.92 Å². The Labute approximate surface area is 187 Å². The Morgan fingerprint density at radius 1 is 1.00 bits per heavy atom. The lowest BCUT2D eigenvalue weighted by Gasteiger charge is -2.34. The normalized spacial score (nSPS) is 17.4. The van der Waals surface area contributed by atoms with E-state index in [-0.39, 0.29) is 5.91 Å². The van der Waals surface area contributed by atoms with Crippen LogP contribution in [0.15, 0.2) is 35.7 Å². The summed E-state index contributed by atoms with van der Waals surface area (Å²) in [5.74, 6) is 1.04. The van der Waals surface area contributed by atoms with Crippen LogP contribution in [-0.2, 0) is 19.5 Å². The third-order valence-corrected chi connectivity index (χ3v) is 7.14. The number of benzene rings is 1. The topological polar surface area (TPSA) is 54.3 Å². The van der Waals surface area contributed by atoms with Gasteiger partial charge in [-0.15, -0.1) is 11.3 Å². The lowest BCUT2D eigenvalue weighted by atomic mass is 10.1. The number of amides is 1. The van der Waals surface area contributed by atoms with E-state index in [2.05, 4.69) is 32.0 Å². The summed E-state index contributed by atoms with van der Waals surface area (Å²) in [5, 5.41) is 3.25. The molecule has 4 heterocycles.